The minimum Gasteiger partial charge on any atom is -0.437 e. The van der Waals surface area contributed by atoms with Gasteiger partial charge in [-0.3, -0.25) is 14.5 Å². The van der Waals surface area contributed by atoms with Gasteiger partial charge in [-0.1, -0.05) is 0 Å². The number of benzene rings is 1. The average molecular weight is 451 g/mol. The summed E-state index contributed by atoms with van der Waals surface area (Å²) in [6.07, 6.45) is 9.40. The zero-order valence-electron chi connectivity index (χ0n) is 18.6. The van der Waals surface area contributed by atoms with Gasteiger partial charge in [-0.25, -0.2) is 9.37 Å². The van der Waals surface area contributed by atoms with Crippen molar-refractivity contribution in [2.75, 3.05) is 33.2 Å². The van der Waals surface area contributed by atoms with Crippen LogP contribution >= 0.6 is 0 Å². The largest absolute Gasteiger partial charge is 0.437 e. The van der Waals surface area contributed by atoms with Crippen molar-refractivity contribution in [3.8, 4) is 11.6 Å². The second kappa shape index (κ2) is 9.27. The molecule has 2 aromatic heterocycles. The molecule has 2 fully saturated rings. The summed E-state index contributed by atoms with van der Waals surface area (Å²) in [5.74, 6) is 0.774. The van der Waals surface area contributed by atoms with Crippen molar-refractivity contribution >= 4 is 5.91 Å². The fourth-order valence-corrected chi connectivity index (χ4v) is 4.62. The Morgan fingerprint density at radius 3 is 2.55 bits per heavy atom. The van der Waals surface area contributed by atoms with Gasteiger partial charge in [0.1, 0.15) is 17.3 Å². The quantitative estimate of drug-likeness (QED) is 0.592. The summed E-state index contributed by atoms with van der Waals surface area (Å²) >= 11 is 0. The molecule has 1 aromatic carbocycles. The predicted octanol–water partition coefficient (Wildman–Crippen LogP) is 3.50. The summed E-state index contributed by atoms with van der Waals surface area (Å²) in [7, 11) is 2.10. The van der Waals surface area contributed by atoms with Crippen LogP contribution in [0.2, 0.25) is 0 Å². The molecule has 2 aliphatic rings. The van der Waals surface area contributed by atoms with Crippen LogP contribution < -0.4 is 4.74 Å². The summed E-state index contributed by atoms with van der Waals surface area (Å²) in [6.45, 7) is 3.28. The second-order valence-corrected chi connectivity index (χ2v) is 8.78. The highest BCUT2D eigenvalue weighted by Crippen LogP contribution is 2.34. The van der Waals surface area contributed by atoms with Gasteiger partial charge in [0, 0.05) is 44.1 Å². The Bertz CT molecular complexity index is 1110. The maximum absolute atomic E-state index is 13.2. The van der Waals surface area contributed by atoms with Crippen molar-refractivity contribution < 1.29 is 13.9 Å². The molecule has 8 nitrogen and oxygen atoms in total. The Morgan fingerprint density at radius 1 is 1.06 bits per heavy atom. The highest BCUT2D eigenvalue weighted by atomic mass is 19.1. The average Bonchev–Trinajstić information content (AvgIpc) is 3.50. The maximum atomic E-state index is 13.2. The van der Waals surface area contributed by atoms with Crippen molar-refractivity contribution in [2.45, 2.75) is 31.2 Å². The van der Waals surface area contributed by atoms with Crippen molar-refractivity contribution in [1.82, 2.24) is 29.5 Å². The summed E-state index contributed by atoms with van der Waals surface area (Å²) in [5.41, 5.74) is 1.41. The predicted molar refractivity (Wildman–Crippen MR) is 120 cm³/mol. The lowest BCUT2D eigenvalue weighted by atomic mass is 9.93. The third-order valence-corrected chi connectivity index (χ3v) is 6.48. The van der Waals surface area contributed by atoms with E-state index in [-0.39, 0.29) is 17.6 Å². The number of likely N-dealkylation sites (tertiary alicyclic amines) is 2. The van der Waals surface area contributed by atoms with Gasteiger partial charge in [-0.05, 0) is 57.1 Å². The molecule has 0 unspecified atom stereocenters. The SMILES string of the molecule is CN1CC[C@H](n2cc(C(=O)N3CCC(c4nccnc4Oc4ccc(F)cc4)CC3)cn2)C1. The van der Waals surface area contributed by atoms with Crippen LogP contribution in [0.4, 0.5) is 4.39 Å². The second-order valence-electron chi connectivity index (χ2n) is 8.78. The fraction of sp³-hybridized carbons (Fsp3) is 0.417. The summed E-state index contributed by atoms with van der Waals surface area (Å²) in [4.78, 5) is 26.1. The van der Waals surface area contributed by atoms with E-state index in [1.807, 2.05) is 15.8 Å². The first kappa shape index (κ1) is 21.5. The summed E-state index contributed by atoms with van der Waals surface area (Å²) in [6, 6.07) is 6.17. The number of hydrogen-bond acceptors (Lipinski definition) is 6. The minimum atomic E-state index is -0.320. The molecule has 0 aliphatic carbocycles. The number of rotatable bonds is 5. The van der Waals surface area contributed by atoms with E-state index in [0.717, 1.165) is 38.0 Å². The van der Waals surface area contributed by atoms with Gasteiger partial charge in [0.05, 0.1) is 17.8 Å². The van der Waals surface area contributed by atoms with E-state index >= 15 is 0 Å². The van der Waals surface area contributed by atoms with Crippen molar-refractivity contribution in [3.63, 3.8) is 0 Å². The number of piperidine rings is 1. The smallest absolute Gasteiger partial charge is 0.257 e. The van der Waals surface area contributed by atoms with Gasteiger partial charge in [-0.15, -0.1) is 0 Å². The number of aromatic nitrogens is 4. The molecule has 4 heterocycles. The van der Waals surface area contributed by atoms with Crippen LogP contribution in [0.5, 0.6) is 11.6 Å². The number of ether oxygens (including phenoxy) is 1. The molecule has 172 valence electrons. The molecule has 0 N–H and O–H groups in total. The van der Waals surface area contributed by atoms with Crippen molar-refractivity contribution in [3.05, 3.63) is 66.1 Å². The monoisotopic (exact) mass is 450 g/mol. The van der Waals surface area contributed by atoms with E-state index in [2.05, 4.69) is 27.0 Å². The van der Waals surface area contributed by atoms with Crippen LogP contribution in [-0.2, 0) is 0 Å². The standard InChI is InChI=1S/C24H27FN6O2/c1-29-11-8-20(16-29)31-15-18(14-28-31)24(32)30-12-6-17(7-13-30)22-23(27-10-9-26-22)33-21-4-2-19(25)3-5-21/h2-5,9-10,14-15,17,20H,6-8,11-13,16H2,1H3/t20-/m0/s1. The van der Waals surface area contributed by atoms with Crippen LogP contribution in [0.25, 0.3) is 0 Å². The van der Waals surface area contributed by atoms with Crippen molar-refractivity contribution in [2.24, 2.45) is 0 Å². The molecule has 0 saturated carbocycles. The highest BCUT2D eigenvalue weighted by molar-refractivity contribution is 5.93. The molecule has 2 aliphatic heterocycles. The summed E-state index contributed by atoms with van der Waals surface area (Å²) in [5, 5.41) is 4.45. The first-order chi connectivity index (χ1) is 16.1. The normalized spacial score (nSPS) is 19.7. The number of carbonyl (C=O) groups is 1. The van der Waals surface area contributed by atoms with E-state index in [1.165, 1.54) is 12.1 Å². The van der Waals surface area contributed by atoms with Gasteiger partial charge >= 0.3 is 0 Å². The van der Waals surface area contributed by atoms with Gasteiger partial charge < -0.3 is 14.5 Å². The molecule has 0 radical (unpaired) electrons. The minimum absolute atomic E-state index is 0.0213. The van der Waals surface area contributed by atoms with E-state index in [4.69, 9.17) is 4.74 Å². The number of hydrogen-bond donors (Lipinski definition) is 0. The van der Waals surface area contributed by atoms with Crippen LogP contribution in [0, 0.1) is 5.82 Å². The lowest BCUT2D eigenvalue weighted by Gasteiger charge is -2.31. The zero-order chi connectivity index (χ0) is 22.8. The number of carbonyl (C=O) groups excluding carboxylic acids is 1. The van der Waals surface area contributed by atoms with Crippen LogP contribution in [-0.4, -0.2) is 68.7 Å². The number of halogens is 1. The third-order valence-electron chi connectivity index (χ3n) is 6.48. The fourth-order valence-electron chi connectivity index (χ4n) is 4.62. The number of amides is 1. The van der Waals surface area contributed by atoms with Gasteiger partial charge in [0.25, 0.3) is 5.91 Å². The molecule has 0 bridgehead atoms. The van der Waals surface area contributed by atoms with Crippen LogP contribution in [0.1, 0.15) is 47.3 Å². The Morgan fingerprint density at radius 2 is 1.82 bits per heavy atom. The molecule has 1 amide bonds. The Hall–Kier alpha value is -3.33. The molecule has 0 spiro atoms. The molecule has 1 atom stereocenters. The number of likely N-dealkylation sites (N-methyl/N-ethyl adjacent to an activating group) is 1. The lowest BCUT2D eigenvalue weighted by molar-refractivity contribution is 0.0711. The van der Waals surface area contributed by atoms with E-state index in [0.29, 0.717) is 36.3 Å². The topological polar surface area (TPSA) is 76.4 Å². The van der Waals surface area contributed by atoms with Gasteiger partial charge in [0.15, 0.2) is 0 Å². The van der Waals surface area contributed by atoms with Crippen LogP contribution in [0.15, 0.2) is 49.1 Å². The lowest BCUT2D eigenvalue weighted by Crippen LogP contribution is -2.38. The van der Waals surface area contributed by atoms with Gasteiger partial charge in [0.2, 0.25) is 5.88 Å². The Labute approximate surface area is 192 Å². The van der Waals surface area contributed by atoms with Crippen molar-refractivity contribution in [1.29, 1.82) is 0 Å². The molecule has 33 heavy (non-hydrogen) atoms. The third kappa shape index (κ3) is 4.73. The Kier molecular flexibility index (Phi) is 6.04. The molecule has 9 heteroatoms. The Balaban J connectivity index is 1.22. The molecule has 3 aromatic rings. The number of nitrogens with zero attached hydrogens (tertiary/aromatic N) is 6. The first-order valence-corrected chi connectivity index (χ1v) is 11.3. The molecule has 5 rings (SSSR count). The first-order valence-electron chi connectivity index (χ1n) is 11.3. The van der Waals surface area contributed by atoms with Crippen LogP contribution in [0.3, 0.4) is 0 Å². The maximum Gasteiger partial charge on any atom is 0.257 e. The molecular weight excluding hydrogens is 423 g/mol. The zero-order valence-corrected chi connectivity index (χ0v) is 18.6. The summed E-state index contributed by atoms with van der Waals surface area (Å²) < 4.78 is 21.0. The highest BCUT2D eigenvalue weighted by Gasteiger charge is 2.29. The van der Waals surface area contributed by atoms with E-state index in [1.54, 1.807) is 30.7 Å². The van der Waals surface area contributed by atoms with E-state index in [9.17, 15) is 9.18 Å². The van der Waals surface area contributed by atoms with Gasteiger partial charge in [-0.2, -0.15) is 5.10 Å². The van der Waals surface area contributed by atoms with E-state index < -0.39 is 0 Å². The molecule has 2 saturated heterocycles. The molecular formula is C24H27FN6O2.